The van der Waals surface area contributed by atoms with Crippen LogP contribution < -0.4 is 0 Å². The van der Waals surface area contributed by atoms with Gasteiger partial charge in [0.2, 0.25) is 0 Å². The van der Waals surface area contributed by atoms with Gasteiger partial charge >= 0.3 is 0 Å². The number of aromatic nitrogens is 2. The van der Waals surface area contributed by atoms with E-state index in [9.17, 15) is 0 Å². The highest BCUT2D eigenvalue weighted by Gasteiger charge is 2.14. The van der Waals surface area contributed by atoms with Crippen molar-refractivity contribution in [2.75, 3.05) is 5.75 Å². The van der Waals surface area contributed by atoms with Gasteiger partial charge in [0.25, 0.3) is 0 Å². The van der Waals surface area contributed by atoms with Crippen LogP contribution >= 0.6 is 12.6 Å². The lowest BCUT2D eigenvalue weighted by Crippen LogP contribution is -2.08. The molecule has 1 heterocycles. The topological polar surface area (TPSA) is 17.8 Å². The van der Waals surface area contributed by atoms with Crippen molar-refractivity contribution in [2.24, 2.45) is 0 Å². The van der Waals surface area contributed by atoms with E-state index < -0.39 is 0 Å². The average Bonchev–Trinajstić information content (AvgIpc) is 2.68. The van der Waals surface area contributed by atoms with Crippen LogP contribution in [0.2, 0.25) is 0 Å². The van der Waals surface area contributed by atoms with Gasteiger partial charge in [0, 0.05) is 12.2 Å². The quantitative estimate of drug-likeness (QED) is 0.601. The van der Waals surface area contributed by atoms with E-state index in [0.717, 1.165) is 12.3 Å². The minimum atomic E-state index is 1.02. The number of imidazole rings is 1. The lowest BCUT2D eigenvalue weighted by molar-refractivity contribution is 0.563. The molecule has 3 heteroatoms. The lowest BCUT2D eigenvalue weighted by atomic mass is 10.0. The Morgan fingerprint density at radius 2 is 2.07 bits per heavy atom. The molecule has 0 fully saturated rings. The van der Waals surface area contributed by atoms with Crippen LogP contribution in [-0.2, 0) is 19.4 Å². The predicted octanol–water partition coefficient (Wildman–Crippen LogP) is 2.86. The SMILES string of the molecule is SCCCCCn1cnc2c1CCCC2. The molecule has 1 aliphatic carbocycles. The van der Waals surface area contributed by atoms with Crippen LogP contribution in [0.4, 0.5) is 0 Å². The summed E-state index contributed by atoms with van der Waals surface area (Å²) in [5.74, 6) is 1.02. The second-order valence-corrected chi connectivity index (χ2v) is 4.77. The molecule has 84 valence electrons. The number of rotatable bonds is 5. The molecule has 0 N–H and O–H groups in total. The van der Waals surface area contributed by atoms with E-state index in [0.29, 0.717) is 0 Å². The van der Waals surface area contributed by atoms with Crippen molar-refractivity contribution in [3.63, 3.8) is 0 Å². The molecule has 0 saturated carbocycles. The maximum absolute atomic E-state index is 4.50. The van der Waals surface area contributed by atoms with Gasteiger partial charge in [0.15, 0.2) is 0 Å². The first-order valence-corrected chi connectivity index (χ1v) is 6.69. The fraction of sp³-hybridized carbons (Fsp3) is 0.750. The summed E-state index contributed by atoms with van der Waals surface area (Å²) in [5.41, 5.74) is 2.86. The highest BCUT2D eigenvalue weighted by atomic mass is 32.1. The molecule has 0 spiro atoms. The van der Waals surface area contributed by atoms with Gasteiger partial charge in [-0.05, 0) is 44.3 Å². The Morgan fingerprint density at radius 1 is 1.20 bits per heavy atom. The Balaban J connectivity index is 1.88. The van der Waals surface area contributed by atoms with Crippen LogP contribution in [-0.4, -0.2) is 15.3 Å². The molecule has 0 aliphatic heterocycles. The molecular weight excluding hydrogens is 204 g/mol. The molecular formula is C12H20N2S. The first-order chi connectivity index (χ1) is 7.42. The molecule has 0 unspecified atom stereocenters. The van der Waals surface area contributed by atoms with Crippen molar-refractivity contribution in [1.82, 2.24) is 9.55 Å². The smallest absolute Gasteiger partial charge is 0.0951 e. The van der Waals surface area contributed by atoms with Crippen molar-refractivity contribution in [2.45, 2.75) is 51.5 Å². The maximum Gasteiger partial charge on any atom is 0.0951 e. The van der Waals surface area contributed by atoms with Gasteiger partial charge in [-0.15, -0.1) is 0 Å². The zero-order chi connectivity index (χ0) is 10.5. The third kappa shape index (κ3) is 2.77. The Morgan fingerprint density at radius 3 is 2.93 bits per heavy atom. The fourth-order valence-electron chi connectivity index (χ4n) is 2.29. The van der Waals surface area contributed by atoms with Crippen LogP contribution in [0, 0.1) is 0 Å². The monoisotopic (exact) mass is 224 g/mol. The lowest BCUT2D eigenvalue weighted by Gasteiger charge is -2.13. The van der Waals surface area contributed by atoms with E-state index in [2.05, 4.69) is 22.2 Å². The molecule has 1 aromatic rings. The largest absolute Gasteiger partial charge is 0.334 e. The first kappa shape index (κ1) is 11.1. The van der Waals surface area contributed by atoms with Crippen LogP contribution in [0.25, 0.3) is 0 Å². The van der Waals surface area contributed by atoms with Gasteiger partial charge in [0.1, 0.15) is 0 Å². The Labute approximate surface area is 97.5 Å². The molecule has 2 rings (SSSR count). The highest BCUT2D eigenvalue weighted by molar-refractivity contribution is 7.80. The zero-order valence-electron chi connectivity index (χ0n) is 9.28. The third-order valence-corrected chi connectivity index (χ3v) is 3.48. The summed E-state index contributed by atoms with van der Waals surface area (Å²) in [6.45, 7) is 1.15. The molecule has 0 amide bonds. The molecule has 0 radical (unpaired) electrons. The molecule has 0 saturated heterocycles. The summed E-state index contributed by atoms with van der Waals surface area (Å²) in [6.07, 6.45) is 10.9. The first-order valence-electron chi connectivity index (χ1n) is 6.05. The molecule has 15 heavy (non-hydrogen) atoms. The van der Waals surface area contributed by atoms with Gasteiger partial charge in [-0.3, -0.25) is 0 Å². The summed E-state index contributed by atoms with van der Waals surface area (Å²) in [7, 11) is 0. The zero-order valence-corrected chi connectivity index (χ0v) is 10.2. The molecule has 1 aromatic heterocycles. The van der Waals surface area contributed by atoms with Crippen molar-refractivity contribution >= 4 is 12.6 Å². The van der Waals surface area contributed by atoms with Gasteiger partial charge in [-0.2, -0.15) is 12.6 Å². The van der Waals surface area contributed by atoms with Crippen LogP contribution in [0.5, 0.6) is 0 Å². The number of fused-ring (bicyclic) bond motifs is 1. The Hall–Kier alpha value is -0.440. The number of hydrogen-bond acceptors (Lipinski definition) is 2. The molecule has 1 aliphatic rings. The minimum absolute atomic E-state index is 1.02. The summed E-state index contributed by atoms with van der Waals surface area (Å²) >= 11 is 4.23. The van der Waals surface area contributed by atoms with E-state index in [1.54, 1.807) is 0 Å². The van der Waals surface area contributed by atoms with E-state index >= 15 is 0 Å². The van der Waals surface area contributed by atoms with Gasteiger partial charge in [0.05, 0.1) is 12.0 Å². The van der Waals surface area contributed by atoms with Crippen molar-refractivity contribution < 1.29 is 0 Å². The van der Waals surface area contributed by atoms with Gasteiger partial charge in [-0.1, -0.05) is 6.42 Å². The Kier molecular flexibility index (Phi) is 4.12. The van der Waals surface area contributed by atoms with E-state index in [1.807, 2.05) is 6.33 Å². The second-order valence-electron chi connectivity index (χ2n) is 4.32. The van der Waals surface area contributed by atoms with E-state index in [-0.39, 0.29) is 0 Å². The van der Waals surface area contributed by atoms with Gasteiger partial charge in [-0.25, -0.2) is 4.98 Å². The third-order valence-electron chi connectivity index (χ3n) is 3.17. The van der Waals surface area contributed by atoms with Crippen LogP contribution in [0.1, 0.15) is 43.5 Å². The standard InChI is InChI=1S/C12H20N2S/c15-9-5-1-4-8-14-10-13-11-6-2-3-7-12(11)14/h10,15H,1-9H2. The van der Waals surface area contributed by atoms with E-state index in [4.69, 9.17) is 0 Å². The molecule has 0 aromatic carbocycles. The van der Waals surface area contributed by atoms with Crippen molar-refractivity contribution in [3.05, 3.63) is 17.7 Å². The van der Waals surface area contributed by atoms with Crippen LogP contribution in [0.15, 0.2) is 6.33 Å². The predicted molar refractivity (Wildman–Crippen MR) is 66.6 cm³/mol. The highest BCUT2D eigenvalue weighted by Crippen LogP contribution is 2.20. The summed E-state index contributed by atoms with van der Waals surface area (Å²) in [4.78, 5) is 4.50. The molecule has 2 nitrogen and oxygen atoms in total. The fourth-order valence-corrected chi connectivity index (χ4v) is 2.52. The van der Waals surface area contributed by atoms with Crippen molar-refractivity contribution in [1.29, 1.82) is 0 Å². The van der Waals surface area contributed by atoms with E-state index in [1.165, 1.54) is 56.3 Å². The second kappa shape index (κ2) is 5.59. The molecule has 0 atom stereocenters. The van der Waals surface area contributed by atoms with Gasteiger partial charge < -0.3 is 4.57 Å². The number of unbranched alkanes of at least 4 members (excludes halogenated alkanes) is 2. The van der Waals surface area contributed by atoms with Crippen molar-refractivity contribution in [3.8, 4) is 0 Å². The number of nitrogens with zero attached hydrogens (tertiary/aromatic N) is 2. The Bertz CT molecular complexity index is 307. The number of thiol groups is 1. The van der Waals surface area contributed by atoms with Crippen LogP contribution in [0.3, 0.4) is 0 Å². The maximum atomic E-state index is 4.50. The summed E-state index contributed by atoms with van der Waals surface area (Å²) < 4.78 is 2.37. The average molecular weight is 224 g/mol. The number of hydrogen-bond donors (Lipinski definition) is 1. The number of aryl methyl sites for hydroxylation is 2. The summed E-state index contributed by atoms with van der Waals surface area (Å²) in [5, 5.41) is 0. The normalized spacial score (nSPS) is 15.3. The summed E-state index contributed by atoms with van der Waals surface area (Å²) in [6, 6.07) is 0. The molecule has 0 bridgehead atoms. The minimum Gasteiger partial charge on any atom is -0.334 e.